The van der Waals surface area contributed by atoms with E-state index in [1.807, 2.05) is 13.8 Å². The van der Waals surface area contributed by atoms with Crippen molar-refractivity contribution in [3.8, 4) is 0 Å². The molecule has 110 valence electrons. The predicted octanol–water partition coefficient (Wildman–Crippen LogP) is 3.63. The molecule has 1 saturated carbocycles. The molecule has 0 N–H and O–H groups in total. The molecule has 19 heavy (non-hydrogen) atoms. The van der Waals surface area contributed by atoms with Crippen LogP contribution in [-0.2, 0) is 9.53 Å². The van der Waals surface area contributed by atoms with Crippen LogP contribution in [0.1, 0.15) is 20.3 Å². The number of allylic oxidation sites excluding steroid dienone is 1. The summed E-state index contributed by atoms with van der Waals surface area (Å²) >= 11 is 0. The molecule has 0 aromatic rings. The molecule has 1 atom stereocenters. The summed E-state index contributed by atoms with van der Waals surface area (Å²) in [7, 11) is 0. The standard InChI is InChI=1S/C11H12F6O2/c1-9(2)5-6(9)3-4-7(18)19-8(10(12,13)14)11(15,16)17/h3-4,6,8H,5H2,1-2H3/b4-3-/t6-/m0/s1. The van der Waals surface area contributed by atoms with Crippen LogP contribution in [-0.4, -0.2) is 24.4 Å². The fourth-order valence-corrected chi connectivity index (χ4v) is 1.51. The van der Waals surface area contributed by atoms with Gasteiger partial charge in [-0.3, -0.25) is 0 Å². The van der Waals surface area contributed by atoms with Crippen molar-refractivity contribution >= 4 is 5.97 Å². The summed E-state index contributed by atoms with van der Waals surface area (Å²) in [6.45, 7) is 3.73. The molecular weight excluding hydrogens is 278 g/mol. The first kappa shape index (κ1) is 15.8. The Morgan fingerprint density at radius 1 is 1.21 bits per heavy atom. The van der Waals surface area contributed by atoms with Crippen molar-refractivity contribution in [2.24, 2.45) is 11.3 Å². The molecule has 2 nitrogen and oxygen atoms in total. The van der Waals surface area contributed by atoms with Gasteiger partial charge in [0.25, 0.3) is 6.10 Å². The molecule has 1 aliphatic rings. The maximum atomic E-state index is 12.1. The van der Waals surface area contributed by atoms with Crippen LogP contribution in [0, 0.1) is 11.3 Å². The molecule has 0 heterocycles. The lowest BCUT2D eigenvalue weighted by molar-refractivity contribution is -0.312. The van der Waals surface area contributed by atoms with Crippen molar-refractivity contribution in [2.75, 3.05) is 0 Å². The lowest BCUT2D eigenvalue weighted by Gasteiger charge is -2.22. The lowest BCUT2D eigenvalue weighted by Crippen LogP contribution is -2.45. The fraction of sp³-hybridized carbons (Fsp3) is 0.727. The van der Waals surface area contributed by atoms with Gasteiger partial charge < -0.3 is 4.74 Å². The van der Waals surface area contributed by atoms with E-state index in [2.05, 4.69) is 4.74 Å². The van der Waals surface area contributed by atoms with E-state index in [-0.39, 0.29) is 11.3 Å². The molecule has 0 aliphatic heterocycles. The normalized spacial score (nSPS) is 22.9. The summed E-state index contributed by atoms with van der Waals surface area (Å²) in [6.07, 6.45) is -12.8. The van der Waals surface area contributed by atoms with Crippen LogP contribution < -0.4 is 0 Å². The highest BCUT2D eigenvalue weighted by Gasteiger charge is 2.59. The first-order chi connectivity index (χ1) is 8.34. The van der Waals surface area contributed by atoms with Crippen molar-refractivity contribution in [3.05, 3.63) is 12.2 Å². The second-order valence-electron chi connectivity index (χ2n) is 5.06. The Morgan fingerprint density at radius 3 is 1.95 bits per heavy atom. The lowest BCUT2D eigenvalue weighted by atomic mass is 10.1. The highest BCUT2D eigenvalue weighted by atomic mass is 19.4. The molecule has 0 amide bonds. The van der Waals surface area contributed by atoms with Crippen LogP contribution in [0.2, 0.25) is 0 Å². The van der Waals surface area contributed by atoms with E-state index in [9.17, 15) is 31.1 Å². The Kier molecular flexibility index (Phi) is 3.93. The molecule has 0 aromatic heterocycles. The minimum absolute atomic E-state index is 0.0322. The summed E-state index contributed by atoms with van der Waals surface area (Å²) in [6, 6.07) is 0. The number of carbonyl (C=O) groups excluding carboxylic acids is 1. The minimum Gasteiger partial charge on any atom is -0.440 e. The number of rotatable bonds is 3. The maximum absolute atomic E-state index is 12.1. The van der Waals surface area contributed by atoms with Crippen molar-refractivity contribution in [1.29, 1.82) is 0 Å². The fourth-order valence-electron chi connectivity index (χ4n) is 1.51. The highest BCUT2D eigenvalue weighted by molar-refractivity contribution is 5.82. The highest BCUT2D eigenvalue weighted by Crippen LogP contribution is 2.52. The summed E-state index contributed by atoms with van der Waals surface area (Å²) in [4.78, 5) is 11.0. The van der Waals surface area contributed by atoms with Crippen molar-refractivity contribution in [2.45, 2.75) is 38.7 Å². The minimum atomic E-state index is -5.68. The van der Waals surface area contributed by atoms with Crippen LogP contribution in [0.25, 0.3) is 0 Å². The van der Waals surface area contributed by atoms with Crippen LogP contribution in [0.3, 0.4) is 0 Å². The van der Waals surface area contributed by atoms with Crippen LogP contribution in [0.5, 0.6) is 0 Å². The van der Waals surface area contributed by atoms with Crippen molar-refractivity contribution < 1.29 is 35.9 Å². The SMILES string of the molecule is CC1(C)C[C@@H]1/C=C\C(=O)OC(C(F)(F)F)C(F)(F)F. The topological polar surface area (TPSA) is 26.3 Å². The van der Waals surface area contributed by atoms with Gasteiger partial charge in [-0.1, -0.05) is 19.9 Å². The Morgan fingerprint density at radius 2 is 1.63 bits per heavy atom. The van der Waals surface area contributed by atoms with Gasteiger partial charge in [0.15, 0.2) is 0 Å². The molecule has 0 saturated heterocycles. The van der Waals surface area contributed by atoms with E-state index in [4.69, 9.17) is 0 Å². The summed E-state index contributed by atoms with van der Waals surface area (Å²) in [5.74, 6) is -1.68. The Labute approximate surface area is 105 Å². The van der Waals surface area contributed by atoms with Gasteiger partial charge in [0, 0.05) is 6.08 Å². The van der Waals surface area contributed by atoms with Crippen LogP contribution >= 0.6 is 0 Å². The summed E-state index contributed by atoms with van der Waals surface area (Å²) in [5.41, 5.74) is -0.0791. The van der Waals surface area contributed by atoms with E-state index in [1.54, 1.807) is 0 Å². The first-order valence-corrected chi connectivity index (χ1v) is 5.36. The zero-order valence-corrected chi connectivity index (χ0v) is 10.1. The average Bonchev–Trinajstić information content (AvgIpc) is 2.76. The second-order valence-corrected chi connectivity index (χ2v) is 5.06. The number of ether oxygens (including phenoxy) is 1. The number of hydrogen-bond donors (Lipinski definition) is 0. The zero-order valence-electron chi connectivity index (χ0n) is 10.1. The number of esters is 1. The molecular formula is C11H12F6O2. The van der Waals surface area contributed by atoms with E-state index in [0.717, 1.165) is 6.42 Å². The van der Waals surface area contributed by atoms with E-state index in [0.29, 0.717) is 6.08 Å². The van der Waals surface area contributed by atoms with Crippen LogP contribution in [0.4, 0.5) is 26.3 Å². The predicted molar refractivity (Wildman–Crippen MR) is 53.0 cm³/mol. The summed E-state index contributed by atoms with van der Waals surface area (Å²) in [5, 5.41) is 0. The summed E-state index contributed by atoms with van der Waals surface area (Å²) < 4.78 is 76.0. The molecule has 0 radical (unpaired) electrons. The Balaban J connectivity index is 2.63. The third-order valence-electron chi connectivity index (χ3n) is 2.88. The van der Waals surface area contributed by atoms with Crippen molar-refractivity contribution in [1.82, 2.24) is 0 Å². The van der Waals surface area contributed by atoms with E-state index < -0.39 is 24.4 Å². The van der Waals surface area contributed by atoms with Gasteiger partial charge in [-0.25, -0.2) is 4.79 Å². The molecule has 0 bridgehead atoms. The van der Waals surface area contributed by atoms with Gasteiger partial charge in [-0.2, -0.15) is 26.3 Å². The smallest absolute Gasteiger partial charge is 0.434 e. The Bertz CT molecular complexity index is 366. The number of hydrogen-bond acceptors (Lipinski definition) is 2. The number of carbonyl (C=O) groups is 1. The first-order valence-electron chi connectivity index (χ1n) is 5.36. The zero-order chi connectivity index (χ0) is 15.1. The average molecular weight is 290 g/mol. The van der Waals surface area contributed by atoms with Gasteiger partial charge >= 0.3 is 18.3 Å². The molecule has 0 unspecified atom stereocenters. The quantitative estimate of drug-likeness (QED) is 0.451. The molecule has 1 fully saturated rings. The van der Waals surface area contributed by atoms with Crippen molar-refractivity contribution in [3.63, 3.8) is 0 Å². The molecule has 8 heteroatoms. The van der Waals surface area contributed by atoms with Gasteiger partial charge in [0.2, 0.25) is 0 Å². The number of alkyl halides is 6. The van der Waals surface area contributed by atoms with E-state index in [1.165, 1.54) is 6.08 Å². The number of halogens is 6. The Hall–Kier alpha value is -1.21. The van der Waals surface area contributed by atoms with Gasteiger partial charge in [-0.15, -0.1) is 0 Å². The van der Waals surface area contributed by atoms with Crippen LogP contribution in [0.15, 0.2) is 12.2 Å². The molecule has 0 spiro atoms. The molecule has 0 aromatic carbocycles. The maximum Gasteiger partial charge on any atom is 0.434 e. The third-order valence-corrected chi connectivity index (χ3v) is 2.88. The molecule has 1 rings (SSSR count). The second kappa shape index (κ2) is 4.72. The monoisotopic (exact) mass is 290 g/mol. The van der Waals surface area contributed by atoms with Gasteiger partial charge in [-0.05, 0) is 17.8 Å². The van der Waals surface area contributed by atoms with Gasteiger partial charge in [0.05, 0.1) is 0 Å². The third kappa shape index (κ3) is 4.43. The molecule has 1 aliphatic carbocycles. The van der Waals surface area contributed by atoms with E-state index >= 15 is 0 Å². The largest absolute Gasteiger partial charge is 0.440 e. The van der Waals surface area contributed by atoms with Gasteiger partial charge in [0.1, 0.15) is 0 Å².